The Hall–Kier alpha value is -0.850. The second-order valence-corrected chi connectivity index (χ2v) is 2.55. The molecule has 0 spiro atoms. The fourth-order valence-electron chi connectivity index (χ4n) is 0.675. The van der Waals surface area contributed by atoms with Gasteiger partial charge in [0.1, 0.15) is 6.07 Å². The zero-order valence-electron chi connectivity index (χ0n) is 5.50. The number of nitrogens with zero attached hydrogens (tertiary/aromatic N) is 1. The number of hydrogen-bond acceptors (Lipinski definition) is 3. The molecule has 0 heterocycles. The number of nitriles is 1. The molecule has 0 aromatic heterocycles. The molecule has 1 N–H and O–H groups in total. The highest BCUT2D eigenvalue weighted by Crippen LogP contribution is 2.20. The second kappa shape index (κ2) is 3.51. The van der Waals surface area contributed by atoms with Crippen LogP contribution in [0.1, 0.15) is 5.56 Å². The summed E-state index contributed by atoms with van der Waals surface area (Å²) in [7, 11) is 0. The molecule has 0 atom stereocenters. The number of hydrogen-bond donors (Lipinski definition) is 2. The van der Waals surface area contributed by atoms with Crippen LogP contribution in [0.5, 0.6) is 0 Å². The first kappa shape index (κ1) is 8.25. The first-order valence-corrected chi connectivity index (χ1v) is 3.70. The van der Waals surface area contributed by atoms with Crippen molar-refractivity contribution in [3.05, 3.63) is 28.8 Å². The molecule has 56 valence electrons. The van der Waals surface area contributed by atoms with Crippen molar-refractivity contribution in [2.75, 3.05) is 4.72 Å². The van der Waals surface area contributed by atoms with Crippen LogP contribution < -0.4 is 4.72 Å². The van der Waals surface area contributed by atoms with Gasteiger partial charge in [-0.3, -0.25) is 0 Å². The van der Waals surface area contributed by atoms with Crippen LogP contribution in [0.3, 0.4) is 0 Å². The van der Waals surface area contributed by atoms with Crippen molar-refractivity contribution >= 4 is 30.1 Å². The zero-order valence-corrected chi connectivity index (χ0v) is 7.15. The number of nitrogens with one attached hydrogen (secondary N) is 1. The lowest BCUT2D eigenvalue weighted by atomic mass is 10.2. The minimum absolute atomic E-state index is 0.437. The van der Waals surface area contributed by atoms with Crippen molar-refractivity contribution in [1.82, 2.24) is 0 Å². The summed E-state index contributed by atoms with van der Waals surface area (Å²) < 4.78 is 2.62. The molecule has 0 bridgehead atoms. The van der Waals surface area contributed by atoms with Crippen LogP contribution in [0.15, 0.2) is 18.2 Å². The van der Waals surface area contributed by atoms with Crippen LogP contribution >= 0.6 is 24.4 Å². The summed E-state index contributed by atoms with van der Waals surface area (Å²) in [6, 6.07) is 6.98. The molecule has 2 nitrogen and oxygen atoms in total. The number of benzene rings is 1. The molecule has 0 unspecified atom stereocenters. The van der Waals surface area contributed by atoms with Crippen LogP contribution in [0.25, 0.3) is 0 Å². The third-order valence-electron chi connectivity index (χ3n) is 1.22. The van der Waals surface area contributed by atoms with Gasteiger partial charge in [-0.2, -0.15) is 5.26 Å². The van der Waals surface area contributed by atoms with Crippen LogP contribution in [-0.4, -0.2) is 0 Å². The highest BCUT2D eigenvalue weighted by molar-refractivity contribution is 7.81. The number of rotatable bonds is 1. The van der Waals surface area contributed by atoms with Gasteiger partial charge in [0.15, 0.2) is 0 Å². The summed E-state index contributed by atoms with van der Waals surface area (Å²) in [5.41, 5.74) is 1.25. The quantitative estimate of drug-likeness (QED) is 0.658. The Kier molecular flexibility index (Phi) is 2.64. The van der Waals surface area contributed by atoms with E-state index < -0.39 is 0 Å². The van der Waals surface area contributed by atoms with E-state index in [-0.39, 0.29) is 0 Å². The number of anilines is 1. The van der Waals surface area contributed by atoms with E-state index in [2.05, 4.69) is 17.5 Å². The van der Waals surface area contributed by atoms with E-state index in [1.165, 1.54) is 0 Å². The number of halogens is 1. The Labute approximate surface area is 75.3 Å². The Bertz CT molecular complexity index is 306. The zero-order chi connectivity index (χ0) is 8.27. The predicted octanol–water partition coefficient (Wildman–Crippen LogP) is 2.47. The molecule has 0 saturated carbocycles. The van der Waals surface area contributed by atoms with E-state index in [1.807, 2.05) is 6.07 Å². The molecule has 0 aliphatic carbocycles. The Morgan fingerprint density at radius 2 is 2.27 bits per heavy atom. The summed E-state index contributed by atoms with van der Waals surface area (Å²) in [5.74, 6) is 0. The van der Waals surface area contributed by atoms with Crippen molar-refractivity contribution < 1.29 is 0 Å². The Balaban J connectivity index is 3.12. The van der Waals surface area contributed by atoms with E-state index in [0.717, 1.165) is 5.69 Å². The number of thiol groups is 1. The van der Waals surface area contributed by atoms with E-state index in [0.29, 0.717) is 10.6 Å². The van der Waals surface area contributed by atoms with E-state index in [9.17, 15) is 0 Å². The fourth-order valence-corrected chi connectivity index (χ4v) is 1.04. The van der Waals surface area contributed by atoms with Gasteiger partial charge in [-0.25, -0.2) is 0 Å². The molecule has 1 rings (SSSR count). The Morgan fingerprint density at radius 1 is 1.55 bits per heavy atom. The molecule has 0 fully saturated rings. The monoisotopic (exact) mass is 184 g/mol. The van der Waals surface area contributed by atoms with Crippen LogP contribution in [-0.2, 0) is 0 Å². The van der Waals surface area contributed by atoms with Gasteiger partial charge in [0.25, 0.3) is 0 Å². The summed E-state index contributed by atoms with van der Waals surface area (Å²) >= 11 is 9.54. The van der Waals surface area contributed by atoms with Crippen LogP contribution in [0, 0.1) is 11.3 Å². The lowest BCUT2D eigenvalue weighted by Gasteiger charge is -1.99. The van der Waals surface area contributed by atoms with Gasteiger partial charge in [0.2, 0.25) is 0 Å². The summed E-state index contributed by atoms with van der Waals surface area (Å²) in [4.78, 5) is 0. The van der Waals surface area contributed by atoms with Gasteiger partial charge in [0.05, 0.1) is 10.6 Å². The molecule has 11 heavy (non-hydrogen) atoms. The highest BCUT2D eigenvalue weighted by atomic mass is 35.5. The SMILES string of the molecule is N#Cc1ccc(NS)cc1Cl. The molecular formula is C7H5ClN2S. The van der Waals surface area contributed by atoms with Gasteiger partial charge in [-0.1, -0.05) is 24.4 Å². The third-order valence-corrected chi connectivity index (χ3v) is 1.79. The van der Waals surface area contributed by atoms with Gasteiger partial charge in [-0.05, 0) is 18.2 Å². The largest absolute Gasteiger partial charge is 0.332 e. The van der Waals surface area contributed by atoms with Crippen molar-refractivity contribution in [1.29, 1.82) is 5.26 Å². The maximum atomic E-state index is 8.51. The highest BCUT2D eigenvalue weighted by Gasteiger charge is 1.98. The third kappa shape index (κ3) is 1.79. The van der Waals surface area contributed by atoms with E-state index in [1.54, 1.807) is 18.2 Å². The van der Waals surface area contributed by atoms with Crippen molar-refractivity contribution in [3.63, 3.8) is 0 Å². The van der Waals surface area contributed by atoms with Gasteiger partial charge >= 0.3 is 0 Å². The second-order valence-electron chi connectivity index (χ2n) is 1.92. The first-order valence-electron chi connectivity index (χ1n) is 2.87. The molecule has 0 aliphatic heterocycles. The molecule has 0 saturated heterocycles. The summed E-state index contributed by atoms with van der Waals surface area (Å²) in [6.45, 7) is 0. The first-order chi connectivity index (χ1) is 5.27. The van der Waals surface area contributed by atoms with E-state index >= 15 is 0 Å². The van der Waals surface area contributed by atoms with Gasteiger partial charge < -0.3 is 4.72 Å². The maximum absolute atomic E-state index is 8.51. The fraction of sp³-hybridized carbons (Fsp3) is 0. The smallest absolute Gasteiger partial charge is 0.101 e. The van der Waals surface area contributed by atoms with Crippen LogP contribution in [0.2, 0.25) is 5.02 Å². The minimum atomic E-state index is 0.437. The van der Waals surface area contributed by atoms with Gasteiger partial charge in [-0.15, -0.1) is 0 Å². The molecule has 1 aromatic carbocycles. The van der Waals surface area contributed by atoms with Crippen molar-refractivity contribution in [2.24, 2.45) is 0 Å². The average molecular weight is 185 g/mol. The van der Waals surface area contributed by atoms with Gasteiger partial charge in [0, 0.05) is 5.69 Å². The summed E-state index contributed by atoms with van der Waals surface area (Å²) in [5, 5.41) is 8.94. The molecular weight excluding hydrogens is 180 g/mol. The van der Waals surface area contributed by atoms with Crippen molar-refractivity contribution in [3.8, 4) is 6.07 Å². The lowest BCUT2D eigenvalue weighted by molar-refractivity contribution is 1.48. The molecule has 1 aromatic rings. The van der Waals surface area contributed by atoms with E-state index in [4.69, 9.17) is 16.9 Å². The molecule has 0 aliphatic rings. The normalized spacial score (nSPS) is 8.82. The van der Waals surface area contributed by atoms with Crippen molar-refractivity contribution in [2.45, 2.75) is 0 Å². The van der Waals surface area contributed by atoms with Crippen LogP contribution in [0.4, 0.5) is 5.69 Å². The molecule has 4 heteroatoms. The molecule has 0 radical (unpaired) electrons. The minimum Gasteiger partial charge on any atom is -0.332 e. The lowest BCUT2D eigenvalue weighted by Crippen LogP contribution is -1.82. The predicted molar refractivity (Wildman–Crippen MR) is 48.8 cm³/mol. The standard InChI is InChI=1S/C7H5ClN2S/c8-7-3-6(10-11)2-1-5(7)4-9/h1-3,10-11H. The maximum Gasteiger partial charge on any atom is 0.101 e. The molecule has 0 amide bonds. The summed E-state index contributed by atoms with van der Waals surface area (Å²) in [6.07, 6.45) is 0. The average Bonchev–Trinajstić information content (AvgIpc) is 2.04. The Morgan fingerprint density at radius 3 is 2.73 bits per heavy atom. The topological polar surface area (TPSA) is 35.8 Å².